The molecule has 0 spiro atoms. The summed E-state index contributed by atoms with van der Waals surface area (Å²) < 4.78 is 0. The number of nitrogens with zero attached hydrogens (tertiary/aromatic N) is 3. The number of aromatic amines is 1. The van der Waals surface area contributed by atoms with Crippen LogP contribution in [0, 0.1) is 6.92 Å². The van der Waals surface area contributed by atoms with Gasteiger partial charge in [-0.3, -0.25) is 14.7 Å². The third-order valence-electron chi connectivity index (χ3n) is 3.51. The van der Waals surface area contributed by atoms with Crippen LogP contribution in [-0.2, 0) is 0 Å². The van der Waals surface area contributed by atoms with Crippen molar-refractivity contribution >= 4 is 23.2 Å². The molecule has 1 saturated heterocycles. The van der Waals surface area contributed by atoms with Gasteiger partial charge in [-0.25, -0.2) is 0 Å². The van der Waals surface area contributed by atoms with E-state index in [2.05, 4.69) is 10.2 Å². The summed E-state index contributed by atoms with van der Waals surface area (Å²) in [6, 6.07) is 5.44. The first-order valence-corrected chi connectivity index (χ1v) is 7.67. The summed E-state index contributed by atoms with van der Waals surface area (Å²) in [5.41, 5.74) is 1.30. The zero-order chi connectivity index (χ0) is 14.8. The Morgan fingerprint density at radius 3 is 2.38 bits per heavy atom. The van der Waals surface area contributed by atoms with Crippen molar-refractivity contribution in [1.29, 1.82) is 0 Å². The van der Waals surface area contributed by atoms with E-state index in [-0.39, 0.29) is 11.8 Å². The second kappa shape index (κ2) is 5.69. The van der Waals surface area contributed by atoms with Crippen LogP contribution < -0.4 is 0 Å². The number of carbonyl (C=O) groups excluding carboxylic acids is 2. The minimum atomic E-state index is -0.0810. The van der Waals surface area contributed by atoms with Gasteiger partial charge in [0.15, 0.2) is 0 Å². The molecule has 2 aromatic heterocycles. The molecular formula is C14H16N4O2S. The second-order valence-electron chi connectivity index (χ2n) is 5.00. The molecule has 1 N–H and O–H groups in total. The highest BCUT2D eigenvalue weighted by molar-refractivity contribution is 7.12. The van der Waals surface area contributed by atoms with Crippen LogP contribution in [0.1, 0.15) is 25.9 Å². The van der Waals surface area contributed by atoms with Gasteiger partial charge < -0.3 is 9.80 Å². The normalized spacial score (nSPS) is 15.3. The highest BCUT2D eigenvalue weighted by atomic mass is 32.1. The lowest BCUT2D eigenvalue weighted by Gasteiger charge is -2.34. The van der Waals surface area contributed by atoms with Gasteiger partial charge in [-0.15, -0.1) is 11.3 Å². The van der Waals surface area contributed by atoms with Gasteiger partial charge in [0.05, 0.1) is 4.88 Å². The molecule has 6 nitrogen and oxygen atoms in total. The van der Waals surface area contributed by atoms with Crippen LogP contribution in [0.2, 0.25) is 0 Å². The molecule has 21 heavy (non-hydrogen) atoms. The van der Waals surface area contributed by atoms with Crippen molar-refractivity contribution in [1.82, 2.24) is 20.0 Å². The molecule has 1 aliphatic heterocycles. The average molecular weight is 304 g/mol. The van der Waals surface area contributed by atoms with Crippen molar-refractivity contribution in [3.63, 3.8) is 0 Å². The molecule has 0 aliphatic carbocycles. The molecular weight excluding hydrogens is 288 g/mol. The molecule has 1 fully saturated rings. The molecule has 0 aromatic carbocycles. The van der Waals surface area contributed by atoms with Gasteiger partial charge in [-0.2, -0.15) is 5.10 Å². The maximum atomic E-state index is 12.3. The van der Waals surface area contributed by atoms with Crippen LogP contribution in [0.3, 0.4) is 0 Å². The van der Waals surface area contributed by atoms with Crippen molar-refractivity contribution in [2.24, 2.45) is 0 Å². The standard InChI is InChI=1S/C14H16N4O2S/c1-10-9-11(16-15-10)13(19)17-4-6-18(7-5-17)14(20)12-3-2-8-21-12/h2-3,8-9H,4-7H2,1H3,(H,15,16). The largest absolute Gasteiger partial charge is 0.334 e. The van der Waals surface area contributed by atoms with Gasteiger partial charge in [0.25, 0.3) is 11.8 Å². The first-order valence-electron chi connectivity index (χ1n) is 6.79. The molecule has 3 rings (SSSR count). The number of hydrogen-bond acceptors (Lipinski definition) is 4. The van der Waals surface area contributed by atoms with Gasteiger partial charge in [0, 0.05) is 31.9 Å². The fourth-order valence-electron chi connectivity index (χ4n) is 2.36. The predicted octanol–water partition coefficient (Wildman–Crippen LogP) is 1.38. The monoisotopic (exact) mass is 304 g/mol. The zero-order valence-corrected chi connectivity index (χ0v) is 12.5. The van der Waals surface area contributed by atoms with E-state index in [1.54, 1.807) is 15.9 Å². The van der Waals surface area contributed by atoms with Crippen LogP contribution >= 0.6 is 11.3 Å². The Hall–Kier alpha value is -2.15. The number of aromatic nitrogens is 2. The molecule has 7 heteroatoms. The Labute approximate surface area is 126 Å². The highest BCUT2D eigenvalue weighted by Gasteiger charge is 2.26. The van der Waals surface area contributed by atoms with E-state index in [0.717, 1.165) is 10.6 Å². The Morgan fingerprint density at radius 1 is 1.19 bits per heavy atom. The lowest BCUT2D eigenvalue weighted by Crippen LogP contribution is -2.50. The molecule has 110 valence electrons. The van der Waals surface area contributed by atoms with Crippen molar-refractivity contribution in [3.8, 4) is 0 Å². The number of rotatable bonds is 2. The summed E-state index contributed by atoms with van der Waals surface area (Å²) in [5.74, 6) is -0.0321. The highest BCUT2D eigenvalue weighted by Crippen LogP contribution is 2.14. The lowest BCUT2D eigenvalue weighted by atomic mass is 10.2. The van der Waals surface area contributed by atoms with E-state index in [4.69, 9.17) is 0 Å². The van der Waals surface area contributed by atoms with Gasteiger partial charge in [-0.1, -0.05) is 6.07 Å². The summed E-state index contributed by atoms with van der Waals surface area (Å²) in [4.78, 5) is 28.8. The second-order valence-corrected chi connectivity index (χ2v) is 5.95. The zero-order valence-electron chi connectivity index (χ0n) is 11.7. The number of thiophene rings is 1. The summed E-state index contributed by atoms with van der Waals surface area (Å²) >= 11 is 1.45. The number of aryl methyl sites for hydroxylation is 1. The van der Waals surface area contributed by atoms with Crippen molar-refractivity contribution in [2.75, 3.05) is 26.2 Å². The SMILES string of the molecule is Cc1cc(C(=O)N2CCN(C(=O)c3cccs3)CC2)n[nH]1. The number of carbonyl (C=O) groups is 2. The fraction of sp³-hybridized carbons (Fsp3) is 0.357. The maximum absolute atomic E-state index is 12.3. The first-order chi connectivity index (χ1) is 10.1. The summed E-state index contributed by atoms with van der Waals surface area (Å²) in [6.07, 6.45) is 0. The third kappa shape index (κ3) is 2.82. The molecule has 2 amide bonds. The Morgan fingerprint density at radius 2 is 1.86 bits per heavy atom. The van der Waals surface area contributed by atoms with Crippen molar-refractivity contribution in [2.45, 2.75) is 6.92 Å². The number of H-pyrrole nitrogens is 1. The molecule has 0 unspecified atom stereocenters. The van der Waals surface area contributed by atoms with Crippen LogP contribution in [0.4, 0.5) is 0 Å². The Bertz CT molecular complexity index is 642. The van der Waals surface area contributed by atoms with E-state index in [1.165, 1.54) is 11.3 Å². The molecule has 2 aromatic rings. The van der Waals surface area contributed by atoms with Crippen LogP contribution in [0.5, 0.6) is 0 Å². The van der Waals surface area contributed by atoms with E-state index in [1.807, 2.05) is 24.4 Å². The average Bonchev–Trinajstić information content (AvgIpc) is 3.17. The Balaban J connectivity index is 1.60. The van der Waals surface area contributed by atoms with Crippen LogP contribution in [0.25, 0.3) is 0 Å². The van der Waals surface area contributed by atoms with E-state index >= 15 is 0 Å². The first kappa shape index (κ1) is 13.8. The Kier molecular flexibility index (Phi) is 3.74. The molecule has 0 radical (unpaired) electrons. The van der Waals surface area contributed by atoms with Crippen molar-refractivity contribution in [3.05, 3.63) is 39.8 Å². The quantitative estimate of drug-likeness (QED) is 0.911. The molecule has 0 atom stereocenters. The van der Waals surface area contributed by atoms with Gasteiger partial charge in [0.2, 0.25) is 0 Å². The fourth-order valence-corrected chi connectivity index (χ4v) is 3.05. The summed E-state index contributed by atoms with van der Waals surface area (Å²) in [5, 5.41) is 8.66. The topological polar surface area (TPSA) is 69.3 Å². The van der Waals surface area contributed by atoms with E-state index < -0.39 is 0 Å². The van der Waals surface area contributed by atoms with Gasteiger partial charge in [0.1, 0.15) is 5.69 Å². The number of piperazine rings is 1. The van der Waals surface area contributed by atoms with Gasteiger partial charge in [-0.05, 0) is 24.4 Å². The molecule has 0 saturated carbocycles. The smallest absolute Gasteiger partial charge is 0.274 e. The summed E-state index contributed by atoms with van der Waals surface area (Å²) in [7, 11) is 0. The predicted molar refractivity (Wildman–Crippen MR) is 79.5 cm³/mol. The van der Waals surface area contributed by atoms with Crippen LogP contribution in [-0.4, -0.2) is 58.0 Å². The number of nitrogens with one attached hydrogen (secondary N) is 1. The minimum Gasteiger partial charge on any atom is -0.334 e. The third-order valence-corrected chi connectivity index (χ3v) is 4.37. The van der Waals surface area contributed by atoms with E-state index in [9.17, 15) is 9.59 Å². The van der Waals surface area contributed by atoms with E-state index in [0.29, 0.717) is 31.9 Å². The number of amides is 2. The minimum absolute atomic E-state index is 0.0488. The van der Waals surface area contributed by atoms with Crippen LogP contribution in [0.15, 0.2) is 23.6 Å². The molecule has 3 heterocycles. The maximum Gasteiger partial charge on any atom is 0.274 e. The lowest BCUT2D eigenvalue weighted by molar-refractivity contribution is 0.0535. The van der Waals surface area contributed by atoms with Gasteiger partial charge >= 0.3 is 0 Å². The molecule has 0 bridgehead atoms. The number of hydrogen-bond donors (Lipinski definition) is 1. The molecule has 1 aliphatic rings. The summed E-state index contributed by atoms with van der Waals surface area (Å²) in [6.45, 7) is 4.07. The van der Waals surface area contributed by atoms with Crippen molar-refractivity contribution < 1.29 is 9.59 Å².